The van der Waals surface area contributed by atoms with Gasteiger partial charge in [-0.25, -0.2) is 0 Å². The SMILES string of the molecule is COC1=C(OC)C(=O)C(Cc2ccccc2CC(=O)O)=C(C)C1=O. The number of hydrogen-bond donors (Lipinski definition) is 1. The largest absolute Gasteiger partial charge is 0.489 e. The molecule has 0 saturated carbocycles. The Morgan fingerprint density at radius 1 is 1.00 bits per heavy atom. The second kappa shape index (κ2) is 7.12. The lowest BCUT2D eigenvalue weighted by Gasteiger charge is -2.21. The number of carbonyl (C=O) groups excluding carboxylic acids is 2. The van der Waals surface area contributed by atoms with Gasteiger partial charge in [-0.15, -0.1) is 0 Å². The molecule has 6 nitrogen and oxygen atoms in total. The van der Waals surface area contributed by atoms with Crippen LogP contribution in [0.1, 0.15) is 18.1 Å². The number of ketones is 2. The second-order valence-corrected chi connectivity index (χ2v) is 5.34. The molecule has 1 N–H and O–H groups in total. The van der Waals surface area contributed by atoms with E-state index in [2.05, 4.69) is 0 Å². The Morgan fingerprint density at radius 3 is 2.08 bits per heavy atom. The van der Waals surface area contributed by atoms with Gasteiger partial charge in [0, 0.05) is 17.6 Å². The molecular formula is C18H18O6. The van der Waals surface area contributed by atoms with Crippen molar-refractivity contribution < 1.29 is 29.0 Å². The summed E-state index contributed by atoms with van der Waals surface area (Å²) in [4.78, 5) is 36.0. The number of ether oxygens (including phenoxy) is 2. The van der Waals surface area contributed by atoms with Crippen molar-refractivity contribution in [1.29, 1.82) is 0 Å². The van der Waals surface area contributed by atoms with Crippen LogP contribution in [0.4, 0.5) is 0 Å². The molecule has 24 heavy (non-hydrogen) atoms. The van der Waals surface area contributed by atoms with E-state index in [0.717, 1.165) is 0 Å². The molecule has 1 aliphatic carbocycles. The highest BCUT2D eigenvalue weighted by molar-refractivity contribution is 6.23. The Morgan fingerprint density at radius 2 is 1.54 bits per heavy atom. The van der Waals surface area contributed by atoms with Crippen molar-refractivity contribution in [3.05, 3.63) is 58.1 Å². The molecule has 0 fully saturated rings. The Labute approximate surface area is 139 Å². The molecule has 0 spiro atoms. The zero-order chi connectivity index (χ0) is 17.9. The Kier molecular flexibility index (Phi) is 5.18. The summed E-state index contributed by atoms with van der Waals surface area (Å²) in [6.07, 6.45) is 0.00461. The van der Waals surface area contributed by atoms with Gasteiger partial charge >= 0.3 is 5.97 Å². The number of Topliss-reactive ketones (excluding diaryl/α,β-unsaturated/α-hetero) is 2. The summed E-state index contributed by atoms with van der Waals surface area (Å²) in [7, 11) is 2.61. The Balaban J connectivity index is 2.44. The molecule has 0 saturated heterocycles. The van der Waals surface area contributed by atoms with E-state index >= 15 is 0 Å². The monoisotopic (exact) mass is 330 g/mol. The zero-order valence-corrected chi connectivity index (χ0v) is 13.7. The molecule has 1 aromatic rings. The second-order valence-electron chi connectivity index (χ2n) is 5.34. The van der Waals surface area contributed by atoms with Gasteiger partial charge in [-0.2, -0.15) is 0 Å². The van der Waals surface area contributed by atoms with E-state index < -0.39 is 17.5 Å². The first-order valence-electron chi connectivity index (χ1n) is 7.30. The van der Waals surface area contributed by atoms with Gasteiger partial charge in [-0.1, -0.05) is 24.3 Å². The molecule has 0 bridgehead atoms. The van der Waals surface area contributed by atoms with Crippen LogP contribution in [0.3, 0.4) is 0 Å². The topological polar surface area (TPSA) is 89.9 Å². The quantitative estimate of drug-likeness (QED) is 0.800. The number of methoxy groups -OCH3 is 2. The van der Waals surface area contributed by atoms with E-state index in [1.54, 1.807) is 31.2 Å². The summed E-state index contributed by atoms with van der Waals surface area (Å²) in [5, 5.41) is 9.01. The van der Waals surface area contributed by atoms with Crippen LogP contribution in [0.25, 0.3) is 0 Å². The van der Waals surface area contributed by atoms with Crippen molar-refractivity contribution in [2.24, 2.45) is 0 Å². The molecule has 0 amide bonds. The van der Waals surface area contributed by atoms with E-state index in [1.165, 1.54) is 14.2 Å². The minimum Gasteiger partial charge on any atom is -0.489 e. The standard InChI is InChI=1S/C18H18O6/c1-10-13(16(22)18(24-3)17(23-2)15(10)21)8-11-6-4-5-7-12(11)9-14(19)20/h4-7H,8-9H2,1-3H3,(H,19,20). The van der Waals surface area contributed by atoms with Crippen LogP contribution in [-0.2, 0) is 36.7 Å². The summed E-state index contributed by atoms with van der Waals surface area (Å²) in [6, 6.07) is 6.94. The summed E-state index contributed by atoms with van der Waals surface area (Å²) in [5.41, 5.74) is 1.86. The van der Waals surface area contributed by atoms with Gasteiger partial charge in [0.2, 0.25) is 23.1 Å². The minimum absolute atomic E-state index is 0.109. The van der Waals surface area contributed by atoms with Crippen LogP contribution in [0, 0.1) is 0 Å². The molecule has 1 aromatic carbocycles. The number of benzene rings is 1. The van der Waals surface area contributed by atoms with Gasteiger partial charge in [0.1, 0.15) is 0 Å². The maximum absolute atomic E-state index is 12.6. The van der Waals surface area contributed by atoms with Gasteiger partial charge in [0.15, 0.2) is 0 Å². The predicted octanol–water partition coefficient (Wildman–Crippen LogP) is 1.83. The van der Waals surface area contributed by atoms with E-state index in [0.29, 0.717) is 11.1 Å². The molecule has 0 unspecified atom stereocenters. The number of carbonyl (C=O) groups is 3. The van der Waals surface area contributed by atoms with Gasteiger partial charge in [-0.3, -0.25) is 14.4 Å². The fourth-order valence-electron chi connectivity index (χ4n) is 2.66. The molecule has 126 valence electrons. The third kappa shape index (κ3) is 3.22. The normalized spacial score (nSPS) is 15.0. The predicted molar refractivity (Wildman–Crippen MR) is 85.2 cm³/mol. The van der Waals surface area contributed by atoms with E-state index in [9.17, 15) is 14.4 Å². The average Bonchev–Trinajstić information content (AvgIpc) is 2.55. The highest BCUT2D eigenvalue weighted by Gasteiger charge is 2.34. The number of carboxylic acid groups (broad SMARTS) is 1. The highest BCUT2D eigenvalue weighted by atomic mass is 16.5. The molecular weight excluding hydrogens is 312 g/mol. The van der Waals surface area contributed by atoms with Crippen molar-refractivity contribution in [2.45, 2.75) is 19.8 Å². The maximum Gasteiger partial charge on any atom is 0.307 e. The smallest absolute Gasteiger partial charge is 0.307 e. The molecule has 0 aliphatic heterocycles. The lowest BCUT2D eigenvalue weighted by atomic mass is 9.87. The molecule has 2 rings (SSSR count). The van der Waals surface area contributed by atoms with Crippen LogP contribution < -0.4 is 0 Å². The fraction of sp³-hybridized carbons (Fsp3) is 0.278. The molecule has 0 radical (unpaired) electrons. The van der Waals surface area contributed by atoms with E-state index in [1.807, 2.05) is 0 Å². The third-order valence-electron chi connectivity index (χ3n) is 3.92. The zero-order valence-electron chi connectivity index (χ0n) is 13.7. The maximum atomic E-state index is 12.6. The number of allylic oxidation sites excluding steroid dienone is 2. The van der Waals surface area contributed by atoms with Gasteiger partial charge in [0.25, 0.3) is 0 Å². The minimum atomic E-state index is -0.960. The van der Waals surface area contributed by atoms with Gasteiger partial charge in [-0.05, 0) is 18.1 Å². The number of aliphatic carboxylic acids is 1. The molecule has 0 heterocycles. The first-order chi connectivity index (χ1) is 11.4. The number of rotatable bonds is 6. The van der Waals surface area contributed by atoms with Crippen molar-refractivity contribution in [3.8, 4) is 0 Å². The first-order valence-corrected chi connectivity index (χ1v) is 7.30. The Hall–Kier alpha value is -2.89. The van der Waals surface area contributed by atoms with Crippen LogP contribution in [0.5, 0.6) is 0 Å². The van der Waals surface area contributed by atoms with Crippen molar-refractivity contribution in [3.63, 3.8) is 0 Å². The van der Waals surface area contributed by atoms with Gasteiger partial charge in [0.05, 0.1) is 20.6 Å². The highest BCUT2D eigenvalue weighted by Crippen LogP contribution is 2.28. The van der Waals surface area contributed by atoms with Crippen LogP contribution in [0.15, 0.2) is 46.9 Å². The van der Waals surface area contributed by atoms with Crippen molar-refractivity contribution in [1.82, 2.24) is 0 Å². The van der Waals surface area contributed by atoms with Crippen molar-refractivity contribution >= 4 is 17.5 Å². The molecule has 0 aromatic heterocycles. The summed E-state index contributed by atoms with van der Waals surface area (Å²) in [5.74, 6) is -2.02. The van der Waals surface area contributed by atoms with Gasteiger partial charge < -0.3 is 14.6 Å². The fourth-order valence-corrected chi connectivity index (χ4v) is 2.66. The molecule has 6 heteroatoms. The van der Waals surface area contributed by atoms with E-state index in [-0.39, 0.29) is 35.5 Å². The number of carboxylic acids is 1. The molecule has 0 atom stereocenters. The first kappa shape index (κ1) is 17.5. The van der Waals surface area contributed by atoms with E-state index in [4.69, 9.17) is 14.6 Å². The lowest BCUT2D eigenvalue weighted by Crippen LogP contribution is -2.26. The van der Waals surface area contributed by atoms with Crippen molar-refractivity contribution in [2.75, 3.05) is 14.2 Å². The molecule has 1 aliphatic rings. The lowest BCUT2D eigenvalue weighted by molar-refractivity contribution is -0.136. The third-order valence-corrected chi connectivity index (χ3v) is 3.92. The number of hydrogen-bond acceptors (Lipinski definition) is 5. The van der Waals surface area contributed by atoms with Crippen LogP contribution >= 0.6 is 0 Å². The average molecular weight is 330 g/mol. The summed E-state index contributed by atoms with van der Waals surface area (Å²) < 4.78 is 10.0. The summed E-state index contributed by atoms with van der Waals surface area (Å²) >= 11 is 0. The summed E-state index contributed by atoms with van der Waals surface area (Å²) in [6.45, 7) is 1.56. The Bertz CT molecular complexity index is 769. The van der Waals surface area contributed by atoms with Crippen LogP contribution in [-0.4, -0.2) is 36.9 Å². The van der Waals surface area contributed by atoms with Crippen LogP contribution in [0.2, 0.25) is 0 Å².